The molecule has 0 aliphatic heterocycles. The summed E-state index contributed by atoms with van der Waals surface area (Å²) in [6.45, 7) is 0. The van der Waals surface area contributed by atoms with Gasteiger partial charge in [0, 0.05) is 7.44 Å². The first-order valence-electron chi connectivity index (χ1n) is 0.577. The molecule has 0 saturated carbocycles. The summed E-state index contributed by atoms with van der Waals surface area (Å²) in [7, 11) is 5.44. The van der Waals surface area contributed by atoms with E-state index >= 15 is 0 Å². The minimum absolute atomic E-state index is 0. The van der Waals surface area contributed by atoms with E-state index in [1.807, 2.05) is 0 Å². The first-order valence-corrected chi connectivity index (χ1v) is 1.73. The SMILES string of the molecule is [B][SiH3].[GeH4].[InH3]. The van der Waals surface area contributed by atoms with Crippen LogP contribution in [0.2, 0.25) is 0 Å². The Morgan fingerprint density at radius 1 is 1.25 bits per heavy atom. The van der Waals surface area contributed by atoms with E-state index in [2.05, 4.69) is 7.44 Å². The molecule has 0 aliphatic rings. The predicted molar refractivity (Wildman–Crippen MR) is 37.0 cm³/mol. The van der Waals surface area contributed by atoms with Crippen LogP contribution < -0.4 is 0 Å². The molecule has 0 rings (SSSR count). The Balaban J connectivity index is -0.00000000500. The normalized spacial score (nSPS) is 2.00. The van der Waals surface area contributed by atoms with Gasteiger partial charge in [0.1, 0.15) is 0 Å². The number of hydrogen-bond donors (Lipinski definition) is 0. The second kappa shape index (κ2) is 22.3. The van der Waals surface area contributed by atoms with E-state index in [9.17, 15) is 0 Å². The van der Waals surface area contributed by atoms with E-state index in [1.165, 1.54) is 0 Å². The topological polar surface area (TPSA) is 0 Å². The Kier molecular flexibility index (Phi) is 96.4. The molecule has 0 unspecified atom stereocenters. The van der Waals surface area contributed by atoms with Gasteiger partial charge < -0.3 is 0 Å². The number of rotatable bonds is 0. The molecule has 24 valence electrons. The van der Waals surface area contributed by atoms with Crippen molar-refractivity contribution in [2.45, 2.75) is 0 Å². The zero-order valence-corrected chi connectivity index (χ0v) is 3.58. The summed E-state index contributed by atoms with van der Waals surface area (Å²) in [5.41, 5.74) is 0. The summed E-state index contributed by atoms with van der Waals surface area (Å²) in [6, 6.07) is 0. The Morgan fingerprint density at radius 2 is 1.25 bits per heavy atom. The van der Waals surface area contributed by atoms with Crippen LogP contribution in [0.1, 0.15) is 0 Å². The van der Waals surface area contributed by atoms with Gasteiger partial charge in [0.25, 0.3) is 0 Å². The maximum atomic E-state index is 4.64. The van der Waals surface area contributed by atoms with Gasteiger partial charge in [0.15, 0.2) is 0 Å². The average molecular weight is 236 g/mol. The van der Waals surface area contributed by atoms with Crippen molar-refractivity contribution in [2.75, 3.05) is 0 Å². The molecule has 0 saturated heterocycles. The van der Waals surface area contributed by atoms with E-state index < -0.39 is 0 Å². The Labute approximate surface area is 60.6 Å². The fourth-order valence-electron chi connectivity index (χ4n) is 0. The van der Waals surface area contributed by atoms with Crippen molar-refractivity contribution in [3.63, 3.8) is 0 Å². The van der Waals surface area contributed by atoms with Gasteiger partial charge in [-0.2, -0.15) is 0 Å². The van der Waals surface area contributed by atoms with Gasteiger partial charge >= 0.3 is 43.4 Å². The van der Waals surface area contributed by atoms with Crippen LogP contribution in [-0.4, -0.2) is 61.0 Å². The Bertz CT molecular complexity index is 8.00. The molecule has 0 fully saturated rings. The predicted octanol–water partition coefficient (Wildman–Crippen LogP) is -4.20. The fourth-order valence-corrected chi connectivity index (χ4v) is 0. The van der Waals surface area contributed by atoms with E-state index in [1.54, 1.807) is 0 Å². The molecule has 0 nitrogen and oxygen atoms in total. The second-order valence-electron chi connectivity index (χ2n) is 0. The van der Waals surface area contributed by atoms with Crippen LogP contribution >= 0.6 is 0 Å². The third-order valence-corrected chi connectivity index (χ3v) is 0. The first kappa shape index (κ1) is 17.3. The molecule has 0 aromatic rings. The van der Waals surface area contributed by atoms with Gasteiger partial charge in [-0.25, -0.2) is 0 Å². The molecule has 0 atom stereocenters. The molecule has 0 heterocycles. The third kappa shape index (κ3) is 9.34. The van der Waals surface area contributed by atoms with Crippen LogP contribution in [0, 0.1) is 0 Å². The maximum absolute atomic E-state index is 4.64. The Hall–Kier alpha value is 1.69. The molecule has 0 spiro atoms. The minimum atomic E-state index is 0. The van der Waals surface area contributed by atoms with Crippen molar-refractivity contribution < 1.29 is 0 Å². The molecular weight excluding hydrogens is 226 g/mol. The average Bonchev–Trinajstić information content (AvgIpc) is 1.00. The summed E-state index contributed by atoms with van der Waals surface area (Å²) in [6.07, 6.45) is 0. The third-order valence-electron chi connectivity index (χ3n) is 0. The molecule has 0 aromatic heterocycles. The van der Waals surface area contributed by atoms with Crippen molar-refractivity contribution in [2.24, 2.45) is 0 Å². The van der Waals surface area contributed by atoms with Crippen LogP contribution in [0.25, 0.3) is 0 Å². The molecule has 0 N–H and O–H groups in total. The van der Waals surface area contributed by atoms with E-state index in [-0.39, 0.29) is 43.4 Å². The summed E-state index contributed by atoms with van der Waals surface area (Å²) >= 11 is 0. The van der Waals surface area contributed by atoms with Crippen LogP contribution in [0.4, 0.5) is 0 Å². The van der Waals surface area contributed by atoms with Gasteiger partial charge in [0.05, 0.1) is 0 Å². The second-order valence-corrected chi connectivity index (χ2v) is 0. The van der Waals surface area contributed by atoms with Gasteiger partial charge in [-0.05, 0) is 10.1 Å². The van der Waals surface area contributed by atoms with E-state index in [0.717, 1.165) is 10.1 Å². The van der Waals surface area contributed by atoms with Crippen molar-refractivity contribution in [3.05, 3.63) is 0 Å². The standard InChI is InChI=1S/BH3Si.GeH4.In.3H/c1-2;;;;;/h2H3;1H4;;;;. The van der Waals surface area contributed by atoms with Crippen LogP contribution in [0.3, 0.4) is 0 Å². The molecule has 0 aromatic carbocycles. The monoisotopic (exact) mass is 238 g/mol. The Morgan fingerprint density at radius 3 is 1.25 bits per heavy atom. The summed E-state index contributed by atoms with van der Waals surface area (Å²) < 4.78 is 0. The van der Waals surface area contributed by atoms with Gasteiger partial charge in [-0.3, -0.25) is 0 Å². The summed E-state index contributed by atoms with van der Waals surface area (Å²) in [5, 5.41) is 0. The van der Waals surface area contributed by atoms with Crippen LogP contribution in [-0.2, 0) is 0 Å². The zero-order valence-electron chi connectivity index (χ0n) is 1.58. The van der Waals surface area contributed by atoms with Crippen molar-refractivity contribution in [1.29, 1.82) is 0 Å². The van der Waals surface area contributed by atoms with E-state index in [0.29, 0.717) is 0 Å². The first-order chi connectivity index (χ1) is 1.00. The quantitative estimate of drug-likeness (QED) is 0.374. The van der Waals surface area contributed by atoms with Gasteiger partial charge in [-0.1, -0.05) is 0 Å². The van der Waals surface area contributed by atoms with Gasteiger partial charge in [-0.15, -0.1) is 0 Å². The molecule has 4 heteroatoms. The zero-order chi connectivity index (χ0) is 2.00. The molecule has 2 radical (unpaired) electrons. The summed E-state index contributed by atoms with van der Waals surface area (Å²) in [4.78, 5) is 0. The molecule has 0 amide bonds. The molecule has 0 bridgehead atoms. The van der Waals surface area contributed by atoms with Crippen LogP contribution in [0.5, 0.6) is 0 Å². The van der Waals surface area contributed by atoms with E-state index in [4.69, 9.17) is 0 Å². The van der Waals surface area contributed by atoms with Crippen LogP contribution in [0.15, 0.2) is 0 Å². The fraction of sp³-hybridized carbons (Fsp3) is 0. The molecule has 0 aliphatic carbocycles. The van der Waals surface area contributed by atoms with Gasteiger partial charge in [0.2, 0.25) is 0 Å². The van der Waals surface area contributed by atoms with Crippen molar-refractivity contribution >= 4 is 61.0 Å². The molecular formula is H10BGeInSi. The van der Waals surface area contributed by atoms with Crippen molar-refractivity contribution in [1.82, 2.24) is 0 Å². The molecule has 4 heavy (non-hydrogen) atoms. The summed E-state index contributed by atoms with van der Waals surface area (Å²) in [5.74, 6) is 0. The van der Waals surface area contributed by atoms with Crippen molar-refractivity contribution in [3.8, 4) is 0 Å². The number of hydrogen-bond acceptors (Lipinski definition) is 0.